The molecular weight excluding hydrogens is 332 g/mol. The average Bonchev–Trinajstić information content (AvgIpc) is 2.86. The fraction of sp³-hybridized carbons (Fsp3) is 0. The molecule has 2 heterocycles. The first kappa shape index (κ1) is 11.9. The lowest BCUT2D eigenvalue weighted by molar-refractivity contribution is 1.01. The normalized spacial score (nSPS) is 10.9. The number of aromatic nitrogens is 3. The molecule has 4 nitrogen and oxygen atoms in total. The van der Waals surface area contributed by atoms with Crippen LogP contribution in [0.2, 0.25) is 0 Å². The Kier molecular flexibility index (Phi) is 3.19. The van der Waals surface area contributed by atoms with Crippen molar-refractivity contribution in [3.05, 3.63) is 34.4 Å². The third-order valence-corrected chi connectivity index (χ3v) is 4.77. The quantitative estimate of drug-likeness (QED) is 0.773. The van der Waals surface area contributed by atoms with Gasteiger partial charge in [0.2, 0.25) is 0 Å². The van der Waals surface area contributed by atoms with E-state index in [1.54, 1.807) is 11.7 Å². The van der Waals surface area contributed by atoms with Gasteiger partial charge in [-0.1, -0.05) is 39.0 Å². The molecule has 0 saturated carbocycles. The molecule has 0 aliphatic heterocycles. The molecule has 0 aliphatic rings. The topological polar surface area (TPSA) is 64.7 Å². The molecule has 1 aromatic carbocycles. The van der Waals surface area contributed by atoms with Gasteiger partial charge < -0.3 is 5.73 Å². The van der Waals surface area contributed by atoms with Gasteiger partial charge >= 0.3 is 0 Å². The van der Waals surface area contributed by atoms with Crippen molar-refractivity contribution in [2.24, 2.45) is 0 Å². The molecule has 0 radical (unpaired) electrons. The second-order valence-electron chi connectivity index (χ2n) is 3.51. The first-order chi connectivity index (χ1) is 8.74. The number of nitrogens with two attached hydrogens (primary N) is 1. The van der Waals surface area contributed by atoms with E-state index in [0.717, 1.165) is 24.6 Å². The maximum absolute atomic E-state index is 6.01. The summed E-state index contributed by atoms with van der Waals surface area (Å²) in [5.41, 5.74) is 9.29. The van der Waals surface area contributed by atoms with Crippen LogP contribution in [0.15, 0.2) is 43.6 Å². The largest absolute Gasteiger partial charge is 0.397 e. The predicted octanol–water partition coefficient (Wildman–Crippen LogP) is 3.58. The van der Waals surface area contributed by atoms with Gasteiger partial charge in [-0.25, -0.2) is 0 Å². The number of nitrogens with zero attached hydrogens (tertiary/aromatic N) is 3. The van der Waals surface area contributed by atoms with Gasteiger partial charge in [0, 0.05) is 14.8 Å². The van der Waals surface area contributed by atoms with E-state index in [-0.39, 0.29) is 0 Å². The van der Waals surface area contributed by atoms with Gasteiger partial charge in [-0.3, -0.25) is 4.98 Å². The summed E-state index contributed by atoms with van der Waals surface area (Å²) in [5.74, 6) is 0. The van der Waals surface area contributed by atoms with Crippen molar-refractivity contribution < 1.29 is 0 Å². The summed E-state index contributed by atoms with van der Waals surface area (Å²) in [6, 6.07) is 5.94. The minimum Gasteiger partial charge on any atom is -0.397 e. The lowest BCUT2D eigenvalue weighted by Crippen LogP contribution is -1.92. The lowest BCUT2D eigenvalue weighted by atomic mass is 10.2. The van der Waals surface area contributed by atoms with Gasteiger partial charge in [0.1, 0.15) is 5.51 Å². The van der Waals surface area contributed by atoms with Gasteiger partial charge in [-0.15, -0.1) is 10.2 Å². The van der Waals surface area contributed by atoms with Crippen molar-refractivity contribution in [1.29, 1.82) is 0 Å². The number of benzene rings is 1. The Labute approximate surface area is 120 Å². The monoisotopic (exact) mass is 338 g/mol. The highest BCUT2D eigenvalue weighted by atomic mass is 79.9. The number of pyridine rings is 1. The van der Waals surface area contributed by atoms with E-state index in [1.807, 2.05) is 18.2 Å². The van der Waals surface area contributed by atoms with E-state index in [4.69, 9.17) is 5.73 Å². The zero-order chi connectivity index (χ0) is 12.5. The fourth-order valence-corrected chi connectivity index (χ4v) is 3.48. The Balaban J connectivity index is 2.19. The Morgan fingerprint density at radius 2 is 2.22 bits per heavy atom. The standard InChI is InChI=1S/C11H7BrN4S2/c12-6-1-2-9-7(3-6)10(8(13)4-14-9)18-11-16-15-5-17-11/h1-5H,13H2. The van der Waals surface area contributed by atoms with E-state index in [1.165, 1.54) is 23.1 Å². The summed E-state index contributed by atoms with van der Waals surface area (Å²) in [4.78, 5) is 5.29. The number of fused-ring (bicyclic) bond motifs is 1. The summed E-state index contributed by atoms with van der Waals surface area (Å²) in [5, 5.41) is 8.87. The van der Waals surface area contributed by atoms with E-state index in [9.17, 15) is 0 Å². The van der Waals surface area contributed by atoms with E-state index in [0.29, 0.717) is 5.69 Å². The Hall–Kier alpha value is -1.18. The van der Waals surface area contributed by atoms with Crippen molar-refractivity contribution in [1.82, 2.24) is 15.2 Å². The van der Waals surface area contributed by atoms with Crippen molar-refractivity contribution in [2.75, 3.05) is 5.73 Å². The molecule has 0 atom stereocenters. The SMILES string of the molecule is Nc1cnc2ccc(Br)cc2c1Sc1nncs1. The number of halogens is 1. The molecule has 0 unspecified atom stereocenters. The van der Waals surface area contributed by atoms with Gasteiger partial charge in [0.25, 0.3) is 0 Å². The second-order valence-corrected chi connectivity index (χ2v) is 6.52. The van der Waals surface area contributed by atoms with Crippen molar-refractivity contribution in [3.63, 3.8) is 0 Å². The lowest BCUT2D eigenvalue weighted by Gasteiger charge is -2.07. The first-order valence-electron chi connectivity index (χ1n) is 5.02. The number of hydrogen-bond donors (Lipinski definition) is 1. The molecule has 0 bridgehead atoms. The minimum absolute atomic E-state index is 0.654. The summed E-state index contributed by atoms with van der Waals surface area (Å²) in [7, 11) is 0. The molecule has 3 aromatic rings. The Bertz CT molecular complexity index is 694. The predicted molar refractivity (Wildman–Crippen MR) is 77.9 cm³/mol. The molecule has 0 amide bonds. The van der Waals surface area contributed by atoms with E-state index in [2.05, 4.69) is 31.1 Å². The molecule has 90 valence electrons. The fourth-order valence-electron chi connectivity index (χ4n) is 1.56. The van der Waals surface area contributed by atoms with Crippen LogP contribution >= 0.6 is 39.0 Å². The van der Waals surface area contributed by atoms with Crippen molar-refractivity contribution >= 4 is 55.6 Å². The number of rotatable bonds is 2. The van der Waals surface area contributed by atoms with Crippen LogP contribution in [0.25, 0.3) is 10.9 Å². The van der Waals surface area contributed by atoms with Crippen LogP contribution in [0.5, 0.6) is 0 Å². The van der Waals surface area contributed by atoms with Gasteiger partial charge in [0.15, 0.2) is 4.34 Å². The van der Waals surface area contributed by atoms with Gasteiger partial charge in [-0.05, 0) is 18.2 Å². The average molecular weight is 339 g/mol. The first-order valence-corrected chi connectivity index (χ1v) is 7.51. The summed E-state index contributed by atoms with van der Waals surface area (Å²) < 4.78 is 1.87. The number of hydrogen-bond acceptors (Lipinski definition) is 6. The zero-order valence-corrected chi connectivity index (χ0v) is 12.2. The van der Waals surface area contributed by atoms with Crippen molar-refractivity contribution in [3.8, 4) is 0 Å². The number of anilines is 1. The van der Waals surface area contributed by atoms with Gasteiger partial charge in [0.05, 0.1) is 17.4 Å². The van der Waals surface area contributed by atoms with Crippen LogP contribution in [-0.2, 0) is 0 Å². The van der Waals surface area contributed by atoms with Crippen LogP contribution in [0.4, 0.5) is 5.69 Å². The molecular formula is C11H7BrN4S2. The van der Waals surface area contributed by atoms with Crippen LogP contribution in [0.1, 0.15) is 0 Å². The molecule has 3 rings (SSSR count). The summed E-state index contributed by atoms with van der Waals surface area (Å²) in [6.45, 7) is 0. The molecule has 2 aromatic heterocycles. The number of nitrogen functional groups attached to an aromatic ring is 1. The van der Waals surface area contributed by atoms with Crippen LogP contribution in [0.3, 0.4) is 0 Å². The highest BCUT2D eigenvalue weighted by Crippen LogP contribution is 2.38. The Morgan fingerprint density at radius 1 is 1.33 bits per heavy atom. The highest BCUT2D eigenvalue weighted by Gasteiger charge is 2.10. The molecule has 2 N–H and O–H groups in total. The third kappa shape index (κ3) is 2.21. The minimum atomic E-state index is 0.654. The molecule has 0 saturated heterocycles. The summed E-state index contributed by atoms with van der Waals surface area (Å²) in [6.07, 6.45) is 1.68. The summed E-state index contributed by atoms with van der Waals surface area (Å²) >= 11 is 6.48. The molecule has 0 fully saturated rings. The molecule has 18 heavy (non-hydrogen) atoms. The smallest absolute Gasteiger partial charge is 0.178 e. The Morgan fingerprint density at radius 3 is 3.00 bits per heavy atom. The van der Waals surface area contributed by atoms with E-state index >= 15 is 0 Å². The van der Waals surface area contributed by atoms with Crippen molar-refractivity contribution in [2.45, 2.75) is 9.24 Å². The highest BCUT2D eigenvalue weighted by molar-refractivity contribution is 9.10. The molecule has 0 aliphatic carbocycles. The third-order valence-electron chi connectivity index (χ3n) is 2.34. The van der Waals surface area contributed by atoms with Crippen LogP contribution in [0, 0.1) is 0 Å². The molecule has 7 heteroatoms. The van der Waals surface area contributed by atoms with Crippen LogP contribution in [-0.4, -0.2) is 15.2 Å². The van der Waals surface area contributed by atoms with E-state index < -0.39 is 0 Å². The van der Waals surface area contributed by atoms with Crippen LogP contribution < -0.4 is 5.73 Å². The van der Waals surface area contributed by atoms with Gasteiger partial charge in [-0.2, -0.15) is 0 Å². The maximum atomic E-state index is 6.01. The zero-order valence-electron chi connectivity index (χ0n) is 9.00. The molecule has 0 spiro atoms. The maximum Gasteiger partial charge on any atom is 0.178 e. The second kappa shape index (κ2) is 4.83.